The lowest BCUT2D eigenvalue weighted by Gasteiger charge is -2.39. The van der Waals surface area contributed by atoms with Gasteiger partial charge in [0.1, 0.15) is 11.7 Å². The average Bonchev–Trinajstić information content (AvgIpc) is 3.27. The number of amides is 1. The van der Waals surface area contributed by atoms with Gasteiger partial charge in [-0.3, -0.25) is 9.69 Å². The van der Waals surface area contributed by atoms with Crippen LogP contribution in [0.25, 0.3) is 10.2 Å². The second kappa shape index (κ2) is 10.1. The summed E-state index contributed by atoms with van der Waals surface area (Å²) in [6.45, 7) is 7.28. The molecule has 5 rings (SSSR count). The summed E-state index contributed by atoms with van der Waals surface area (Å²) in [6.07, 6.45) is 6.99. The number of halogens is 1. The first-order valence-corrected chi connectivity index (χ1v) is 12.6. The Bertz CT molecular complexity index is 1280. The molecular formula is C26H28FN5O2S. The predicted octanol–water partition coefficient (Wildman–Crippen LogP) is 5.18. The Morgan fingerprint density at radius 1 is 1.26 bits per heavy atom. The van der Waals surface area contributed by atoms with Crippen molar-refractivity contribution in [2.24, 2.45) is 0 Å². The third-order valence-corrected chi connectivity index (χ3v) is 7.32. The third-order valence-electron chi connectivity index (χ3n) is 6.38. The monoisotopic (exact) mass is 493 g/mol. The number of para-hydroxylation sites is 1. The van der Waals surface area contributed by atoms with Gasteiger partial charge < -0.3 is 15.0 Å². The van der Waals surface area contributed by atoms with E-state index in [0.717, 1.165) is 36.6 Å². The number of carbonyl (C=O) groups excluding carboxylic acids is 1. The molecule has 35 heavy (non-hydrogen) atoms. The Labute approximate surface area is 207 Å². The van der Waals surface area contributed by atoms with Crippen LogP contribution in [0.5, 0.6) is 11.6 Å². The van der Waals surface area contributed by atoms with Gasteiger partial charge in [0.2, 0.25) is 11.8 Å². The molecule has 0 spiro atoms. The van der Waals surface area contributed by atoms with Crippen LogP contribution in [0.3, 0.4) is 0 Å². The summed E-state index contributed by atoms with van der Waals surface area (Å²) in [5.41, 5.74) is 2.95. The second-order valence-electron chi connectivity index (χ2n) is 8.77. The number of pyridine rings is 1. The van der Waals surface area contributed by atoms with Crippen molar-refractivity contribution in [3.05, 3.63) is 60.3 Å². The molecule has 7 nitrogen and oxygen atoms in total. The minimum Gasteiger partial charge on any atom is -0.437 e. The first-order valence-electron chi connectivity index (χ1n) is 11.8. The van der Waals surface area contributed by atoms with Crippen LogP contribution in [0.1, 0.15) is 20.3 Å². The van der Waals surface area contributed by atoms with Crippen molar-refractivity contribution < 1.29 is 13.9 Å². The van der Waals surface area contributed by atoms with Crippen molar-refractivity contribution in [1.82, 2.24) is 14.9 Å². The smallest absolute Gasteiger partial charge is 0.223 e. The van der Waals surface area contributed by atoms with Gasteiger partial charge in [-0.25, -0.2) is 14.4 Å². The quantitative estimate of drug-likeness (QED) is 0.511. The normalized spacial score (nSPS) is 19.5. The molecule has 0 radical (unpaired) electrons. The molecule has 9 heteroatoms. The van der Waals surface area contributed by atoms with E-state index >= 15 is 0 Å². The molecular weight excluding hydrogens is 465 g/mol. The van der Waals surface area contributed by atoms with E-state index in [1.165, 1.54) is 23.8 Å². The standard InChI is InChI=1S/C26H28FN5O2S/c1-17(19-6-8-20(27)9-7-19)31-12-14-32(15-13-31)21-10-11-28-24(16-21)34-22-4-3-5-23-25(22)30-26(35-23)29-18(2)33/h3-8,10-11,16-17,20H,9,12-15H2,1-2H3,(H,29,30,33)/t17-,20?/m0/s1. The van der Waals surface area contributed by atoms with Crippen LogP contribution in [0.15, 0.2) is 60.3 Å². The van der Waals surface area contributed by atoms with E-state index in [2.05, 4.69) is 32.0 Å². The van der Waals surface area contributed by atoms with E-state index in [4.69, 9.17) is 4.74 Å². The fourth-order valence-electron chi connectivity index (χ4n) is 4.47. The van der Waals surface area contributed by atoms with Gasteiger partial charge in [0.15, 0.2) is 10.9 Å². The zero-order valence-corrected chi connectivity index (χ0v) is 20.6. The molecule has 1 aliphatic heterocycles. The third kappa shape index (κ3) is 5.36. The van der Waals surface area contributed by atoms with Crippen LogP contribution in [0, 0.1) is 0 Å². The zero-order chi connectivity index (χ0) is 24.4. The molecule has 0 bridgehead atoms. The molecule has 1 saturated heterocycles. The number of benzene rings is 1. The average molecular weight is 494 g/mol. The van der Waals surface area contributed by atoms with Crippen molar-refractivity contribution in [2.45, 2.75) is 32.5 Å². The fraction of sp³-hybridized carbons (Fsp3) is 0.346. The van der Waals surface area contributed by atoms with E-state index in [-0.39, 0.29) is 11.9 Å². The molecule has 2 aliphatic rings. The van der Waals surface area contributed by atoms with Crippen LogP contribution in [-0.2, 0) is 4.79 Å². The Morgan fingerprint density at radius 3 is 2.83 bits per heavy atom. The van der Waals surface area contributed by atoms with Gasteiger partial charge in [0, 0.05) is 63.5 Å². The van der Waals surface area contributed by atoms with Gasteiger partial charge in [-0.05, 0) is 30.7 Å². The molecule has 1 amide bonds. The number of aromatic nitrogens is 2. The summed E-state index contributed by atoms with van der Waals surface area (Å²) in [4.78, 5) is 25.1. The lowest BCUT2D eigenvalue weighted by Crippen LogP contribution is -2.50. The van der Waals surface area contributed by atoms with Crippen molar-refractivity contribution in [1.29, 1.82) is 0 Å². The van der Waals surface area contributed by atoms with Gasteiger partial charge in [0.05, 0.1) is 4.70 Å². The number of ether oxygens (including phenoxy) is 1. The predicted molar refractivity (Wildman–Crippen MR) is 138 cm³/mol. The van der Waals surface area contributed by atoms with E-state index in [1.807, 2.05) is 42.5 Å². The Morgan fingerprint density at radius 2 is 2.09 bits per heavy atom. The number of thiazole rings is 1. The van der Waals surface area contributed by atoms with Crippen molar-refractivity contribution in [2.75, 3.05) is 36.4 Å². The number of hydrogen-bond acceptors (Lipinski definition) is 7. The molecule has 1 N–H and O–H groups in total. The molecule has 182 valence electrons. The Balaban J connectivity index is 1.25. The Hall–Kier alpha value is -3.30. The van der Waals surface area contributed by atoms with E-state index in [0.29, 0.717) is 28.7 Å². The van der Waals surface area contributed by atoms with Gasteiger partial charge in [-0.1, -0.05) is 35.6 Å². The van der Waals surface area contributed by atoms with Gasteiger partial charge in [-0.2, -0.15) is 0 Å². The maximum absolute atomic E-state index is 13.4. The maximum atomic E-state index is 13.4. The van der Waals surface area contributed by atoms with Crippen molar-refractivity contribution >= 4 is 38.3 Å². The number of alkyl halides is 1. The number of piperazine rings is 1. The number of allylic oxidation sites excluding steroid dienone is 2. The highest BCUT2D eigenvalue weighted by molar-refractivity contribution is 7.22. The highest BCUT2D eigenvalue weighted by Gasteiger charge is 2.24. The SMILES string of the molecule is CC(=O)Nc1nc2c(Oc3cc(N4CCN([C@@H](C)C5=CCC(F)C=C5)CC4)ccn3)cccc2s1. The van der Waals surface area contributed by atoms with Gasteiger partial charge in [0.25, 0.3) is 0 Å². The summed E-state index contributed by atoms with van der Waals surface area (Å²) in [6, 6.07) is 9.93. The molecule has 0 saturated carbocycles. The molecule has 2 aromatic heterocycles. The number of hydrogen-bond donors (Lipinski definition) is 1. The van der Waals surface area contributed by atoms with Crippen molar-refractivity contribution in [3.63, 3.8) is 0 Å². The maximum Gasteiger partial charge on any atom is 0.223 e. The van der Waals surface area contributed by atoms with Crippen LogP contribution in [0.2, 0.25) is 0 Å². The highest BCUT2D eigenvalue weighted by atomic mass is 32.1. The number of carbonyl (C=O) groups is 1. The molecule has 3 aromatic rings. The largest absolute Gasteiger partial charge is 0.437 e. The van der Waals surface area contributed by atoms with E-state index in [1.54, 1.807) is 12.3 Å². The molecule has 1 fully saturated rings. The lowest BCUT2D eigenvalue weighted by atomic mass is 9.99. The summed E-state index contributed by atoms with van der Waals surface area (Å²) in [7, 11) is 0. The second-order valence-corrected chi connectivity index (χ2v) is 9.80. The Kier molecular flexibility index (Phi) is 6.79. The van der Waals surface area contributed by atoms with Crippen LogP contribution in [-0.4, -0.2) is 59.2 Å². The van der Waals surface area contributed by atoms with E-state index in [9.17, 15) is 9.18 Å². The number of anilines is 2. The first kappa shape index (κ1) is 23.4. The lowest BCUT2D eigenvalue weighted by molar-refractivity contribution is -0.114. The number of nitrogens with zero attached hydrogens (tertiary/aromatic N) is 4. The molecule has 1 unspecified atom stereocenters. The number of fused-ring (bicyclic) bond motifs is 1. The van der Waals surface area contributed by atoms with E-state index < -0.39 is 6.17 Å². The summed E-state index contributed by atoms with van der Waals surface area (Å²) < 4.78 is 20.5. The van der Waals surface area contributed by atoms with Crippen molar-refractivity contribution in [3.8, 4) is 11.6 Å². The van der Waals surface area contributed by atoms with Gasteiger partial charge in [-0.15, -0.1) is 0 Å². The van der Waals surface area contributed by atoms with Gasteiger partial charge >= 0.3 is 0 Å². The minimum atomic E-state index is -0.854. The number of rotatable bonds is 6. The first-order chi connectivity index (χ1) is 17.0. The highest BCUT2D eigenvalue weighted by Crippen LogP contribution is 2.35. The summed E-state index contributed by atoms with van der Waals surface area (Å²) in [5, 5.41) is 3.28. The summed E-state index contributed by atoms with van der Waals surface area (Å²) >= 11 is 1.41. The van der Waals surface area contributed by atoms with Crippen LogP contribution in [0.4, 0.5) is 15.2 Å². The van der Waals surface area contributed by atoms with Crippen LogP contribution < -0.4 is 15.0 Å². The summed E-state index contributed by atoms with van der Waals surface area (Å²) in [5.74, 6) is 0.942. The molecule has 1 aromatic carbocycles. The van der Waals surface area contributed by atoms with Crippen LogP contribution >= 0.6 is 11.3 Å². The molecule has 1 aliphatic carbocycles. The minimum absolute atomic E-state index is 0.157. The number of nitrogens with one attached hydrogen (secondary N) is 1. The molecule has 3 heterocycles. The topological polar surface area (TPSA) is 70.6 Å². The fourth-order valence-corrected chi connectivity index (χ4v) is 5.40. The zero-order valence-electron chi connectivity index (χ0n) is 19.8. The molecule has 2 atom stereocenters.